The van der Waals surface area contributed by atoms with Crippen LogP contribution in [0.5, 0.6) is 0 Å². The Balaban J connectivity index is 2.83. The second kappa shape index (κ2) is 9.78. The van der Waals surface area contributed by atoms with Gasteiger partial charge in [0.1, 0.15) is 0 Å². The molecule has 0 heterocycles. The van der Waals surface area contributed by atoms with Gasteiger partial charge in [-0.3, -0.25) is 0 Å². The summed E-state index contributed by atoms with van der Waals surface area (Å²) < 4.78 is 6.93. The van der Waals surface area contributed by atoms with Crippen molar-refractivity contribution in [3.8, 4) is 0 Å². The first-order chi connectivity index (χ1) is 9.62. The molecule has 20 heavy (non-hydrogen) atoms. The zero-order valence-electron chi connectivity index (χ0n) is 12.6. The maximum absolute atomic E-state index is 6.33. The summed E-state index contributed by atoms with van der Waals surface area (Å²) in [6.45, 7) is 8.07. The van der Waals surface area contributed by atoms with Crippen molar-refractivity contribution in [2.75, 3.05) is 13.2 Å². The molecule has 0 spiro atoms. The van der Waals surface area contributed by atoms with Crippen LogP contribution in [0.3, 0.4) is 0 Å². The fourth-order valence-electron chi connectivity index (χ4n) is 2.42. The maximum Gasteiger partial charge on any atom is 0.0731 e. The maximum atomic E-state index is 6.33. The van der Waals surface area contributed by atoms with E-state index in [2.05, 4.69) is 48.1 Å². The van der Waals surface area contributed by atoms with Gasteiger partial charge in [-0.25, -0.2) is 0 Å². The predicted molar refractivity (Wildman–Crippen MR) is 90.6 cm³/mol. The smallest absolute Gasteiger partial charge is 0.0731 e. The molecule has 2 nitrogen and oxygen atoms in total. The van der Waals surface area contributed by atoms with Gasteiger partial charge < -0.3 is 10.1 Å². The monoisotopic (exact) mass is 361 g/mol. The highest BCUT2D eigenvalue weighted by Crippen LogP contribution is 2.24. The molecule has 114 valence electrons. The lowest BCUT2D eigenvalue weighted by Crippen LogP contribution is -2.43. The van der Waals surface area contributed by atoms with Crippen molar-refractivity contribution in [3.63, 3.8) is 0 Å². The van der Waals surface area contributed by atoms with Gasteiger partial charge in [0.2, 0.25) is 0 Å². The minimum absolute atomic E-state index is 0.240. The van der Waals surface area contributed by atoms with E-state index in [-0.39, 0.29) is 6.10 Å². The van der Waals surface area contributed by atoms with Crippen LogP contribution in [0.15, 0.2) is 22.7 Å². The van der Waals surface area contributed by atoms with Crippen molar-refractivity contribution in [3.05, 3.63) is 33.3 Å². The number of ether oxygens (including phenoxy) is 1. The number of likely N-dealkylation sites (N-methyl/N-ethyl adjacent to an activating group) is 1. The van der Waals surface area contributed by atoms with E-state index in [1.807, 2.05) is 12.1 Å². The molecule has 0 amide bonds. The zero-order chi connectivity index (χ0) is 15.0. The number of halogens is 2. The Labute approximate surface area is 136 Å². The molecule has 4 heteroatoms. The molecule has 0 bridgehead atoms. The average molecular weight is 363 g/mol. The van der Waals surface area contributed by atoms with Gasteiger partial charge in [-0.1, -0.05) is 53.9 Å². The summed E-state index contributed by atoms with van der Waals surface area (Å²) >= 11 is 9.78. The van der Waals surface area contributed by atoms with Gasteiger partial charge in [-0.05, 0) is 44.0 Å². The third-order valence-electron chi connectivity index (χ3n) is 3.32. The molecule has 0 aliphatic rings. The molecule has 0 aromatic heterocycles. The minimum atomic E-state index is 0.240. The molecule has 1 rings (SSSR count). The highest BCUT2D eigenvalue weighted by Gasteiger charge is 2.21. The van der Waals surface area contributed by atoms with Gasteiger partial charge in [0.05, 0.1) is 6.10 Å². The highest BCUT2D eigenvalue weighted by molar-refractivity contribution is 9.10. The zero-order valence-corrected chi connectivity index (χ0v) is 14.9. The number of nitrogens with one attached hydrogen (secondary N) is 1. The van der Waals surface area contributed by atoms with Crippen molar-refractivity contribution in [2.45, 2.75) is 52.2 Å². The highest BCUT2D eigenvalue weighted by atomic mass is 79.9. The Morgan fingerprint density at radius 3 is 2.60 bits per heavy atom. The quantitative estimate of drug-likeness (QED) is 0.679. The van der Waals surface area contributed by atoms with Gasteiger partial charge in [0.15, 0.2) is 0 Å². The molecule has 1 N–H and O–H groups in total. The number of rotatable bonds is 9. The summed E-state index contributed by atoms with van der Waals surface area (Å²) in [7, 11) is 0. The van der Waals surface area contributed by atoms with Crippen molar-refractivity contribution in [1.82, 2.24) is 5.32 Å². The topological polar surface area (TPSA) is 21.3 Å². The predicted octanol–water partition coefficient (Wildman–Crippen LogP) is 4.83. The number of benzene rings is 1. The van der Waals surface area contributed by atoms with E-state index in [4.69, 9.17) is 16.3 Å². The van der Waals surface area contributed by atoms with E-state index >= 15 is 0 Å². The third-order valence-corrected chi connectivity index (χ3v) is 4.17. The second-order valence-electron chi connectivity index (χ2n) is 4.89. The molecular weight excluding hydrogens is 338 g/mol. The molecular formula is C16H25BrClNO. The van der Waals surface area contributed by atoms with Crippen LogP contribution < -0.4 is 5.32 Å². The molecule has 0 aliphatic carbocycles. The average Bonchev–Trinajstić information content (AvgIpc) is 2.41. The van der Waals surface area contributed by atoms with Crippen molar-refractivity contribution in [2.24, 2.45) is 0 Å². The number of hydrogen-bond acceptors (Lipinski definition) is 2. The Kier molecular flexibility index (Phi) is 8.78. The molecule has 0 saturated carbocycles. The van der Waals surface area contributed by atoms with Crippen LogP contribution in [-0.4, -0.2) is 25.3 Å². The lowest BCUT2D eigenvalue weighted by Gasteiger charge is -2.28. The van der Waals surface area contributed by atoms with Crippen molar-refractivity contribution < 1.29 is 4.74 Å². The van der Waals surface area contributed by atoms with E-state index in [0.717, 1.165) is 41.9 Å². The van der Waals surface area contributed by atoms with Gasteiger partial charge >= 0.3 is 0 Å². The first-order valence-corrected chi connectivity index (χ1v) is 8.58. The Morgan fingerprint density at radius 2 is 2.05 bits per heavy atom. The van der Waals surface area contributed by atoms with Crippen LogP contribution in [0.25, 0.3) is 0 Å². The lowest BCUT2D eigenvalue weighted by molar-refractivity contribution is 0.0286. The molecule has 0 aliphatic heterocycles. The van der Waals surface area contributed by atoms with Gasteiger partial charge in [-0.15, -0.1) is 0 Å². The fourth-order valence-corrected chi connectivity index (χ4v) is 3.17. The van der Waals surface area contributed by atoms with E-state index < -0.39 is 0 Å². The molecule has 0 saturated heterocycles. The summed E-state index contributed by atoms with van der Waals surface area (Å²) in [5.41, 5.74) is 1.17. The van der Waals surface area contributed by atoms with E-state index in [1.165, 1.54) is 5.56 Å². The van der Waals surface area contributed by atoms with Crippen LogP contribution in [-0.2, 0) is 11.2 Å². The van der Waals surface area contributed by atoms with Crippen molar-refractivity contribution >= 4 is 27.5 Å². The van der Waals surface area contributed by atoms with E-state index in [0.29, 0.717) is 6.04 Å². The standard InChI is InChI=1S/C16H25BrClNO/c1-4-7-16(20-6-3)15(19-5-2)10-12-8-9-13(17)11-14(12)18/h8-9,11,15-16,19H,4-7,10H2,1-3H3. The second-order valence-corrected chi connectivity index (χ2v) is 6.21. The summed E-state index contributed by atoms with van der Waals surface area (Å²) in [5, 5.41) is 4.36. The van der Waals surface area contributed by atoms with Crippen molar-refractivity contribution in [1.29, 1.82) is 0 Å². The SMILES string of the molecule is CCCC(OCC)C(Cc1ccc(Br)cc1Cl)NCC. The van der Waals surface area contributed by atoms with Crippen LogP contribution in [0, 0.1) is 0 Å². The molecule has 2 atom stereocenters. The Bertz CT molecular complexity index is 394. The summed E-state index contributed by atoms with van der Waals surface area (Å²) in [4.78, 5) is 0. The molecule has 0 fully saturated rings. The Morgan fingerprint density at radius 1 is 1.30 bits per heavy atom. The Hall–Kier alpha value is -0.0900. The first-order valence-electron chi connectivity index (χ1n) is 7.41. The van der Waals surface area contributed by atoms with Gasteiger partial charge in [-0.2, -0.15) is 0 Å². The van der Waals surface area contributed by atoms with Crippen LogP contribution in [0.2, 0.25) is 5.02 Å². The molecule has 2 unspecified atom stereocenters. The van der Waals surface area contributed by atoms with Crippen LogP contribution in [0.4, 0.5) is 0 Å². The number of hydrogen-bond donors (Lipinski definition) is 1. The largest absolute Gasteiger partial charge is 0.377 e. The van der Waals surface area contributed by atoms with Gasteiger partial charge in [0, 0.05) is 22.1 Å². The van der Waals surface area contributed by atoms with Gasteiger partial charge in [0.25, 0.3) is 0 Å². The molecule has 1 aromatic rings. The fraction of sp³-hybridized carbons (Fsp3) is 0.625. The first kappa shape index (κ1) is 18.0. The summed E-state index contributed by atoms with van der Waals surface area (Å²) in [6.07, 6.45) is 3.33. The minimum Gasteiger partial charge on any atom is -0.377 e. The normalized spacial score (nSPS) is 14.2. The van der Waals surface area contributed by atoms with E-state index in [1.54, 1.807) is 0 Å². The summed E-state index contributed by atoms with van der Waals surface area (Å²) in [6, 6.07) is 6.39. The summed E-state index contributed by atoms with van der Waals surface area (Å²) in [5.74, 6) is 0. The third kappa shape index (κ3) is 5.72. The van der Waals surface area contributed by atoms with E-state index in [9.17, 15) is 0 Å². The molecule has 1 aromatic carbocycles. The van der Waals surface area contributed by atoms with Crippen LogP contribution >= 0.6 is 27.5 Å². The van der Waals surface area contributed by atoms with Crippen LogP contribution in [0.1, 0.15) is 39.2 Å². The molecule has 0 radical (unpaired) electrons. The lowest BCUT2D eigenvalue weighted by atomic mass is 9.98.